The van der Waals surface area contributed by atoms with E-state index in [9.17, 15) is 4.79 Å². The molecule has 0 fully saturated rings. The molecule has 82 valence electrons. The number of amides is 1. The molecule has 0 saturated heterocycles. The predicted molar refractivity (Wildman–Crippen MR) is 59.9 cm³/mol. The van der Waals surface area contributed by atoms with E-state index in [4.69, 9.17) is 10.5 Å². The number of rotatable bonds is 3. The number of benzene rings is 1. The van der Waals surface area contributed by atoms with Crippen molar-refractivity contribution in [1.82, 2.24) is 0 Å². The molecule has 0 atom stereocenters. The van der Waals surface area contributed by atoms with Gasteiger partial charge in [-0.15, -0.1) is 0 Å². The molecule has 1 aromatic carbocycles. The van der Waals surface area contributed by atoms with Gasteiger partial charge in [-0.2, -0.15) is 0 Å². The standard InChI is InChI=1S/C12H17NO2/c1-12(2,3)8-15-10-6-4-5-9(7-10)11(13)14/h4-7H,8H2,1-3H3,(H2,13,14). The molecule has 2 N–H and O–H groups in total. The summed E-state index contributed by atoms with van der Waals surface area (Å²) in [5.41, 5.74) is 5.74. The predicted octanol–water partition coefficient (Wildman–Crippen LogP) is 2.21. The first-order valence-corrected chi connectivity index (χ1v) is 4.91. The van der Waals surface area contributed by atoms with E-state index in [2.05, 4.69) is 20.8 Å². The van der Waals surface area contributed by atoms with Gasteiger partial charge in [0.25, 0.3) is 0 Å². The van der Waals surface area contributed by atoms with Crippen LogP contribution in [0.3, 0.4) is 0 Å². The number of carbonyl (C=O) groups excluding carboxylic acids is 1. The third kappa shape index (κ3) is 4.02. The first-order valence-electron chi connectivity index (χ1n) is 4.91. The molecule has 0 aliphatic rings. The van der Waals surface area contributed by atoms with E-state index in [1.165, 1.54) is 0 Å². The third-order valence-electron chi connectivity index (χ3n) is 1.79. The van der Waals surface area contributed by atoms with Gasteiger partial charge in [0.05, 0.1) is 6.61 Å². The summed E-state index contributed by atoms with van der Waals surface area (Å²) < 4.78 is 5.55. The van der Waals surface area contributed by atoms with Crippen molar-refractivity contribution >= 4 is 5.91 Å². The number of carbonyl (C=O) groups is 1. The lowest BCUT2D eigenvalue weighted by Gasteiger charge is -2.18. The molecule has 0 saturated carbocycles. The molecular weight excluding hydrogens is 190 g/mol. The molecule has 3 nitrogen and oxygen atoms in total. The summed E-state index contributed by atoms with van der Waals surface area (Å²) in [5.74, 6) is 0.248. The topological polar surface area (TPSA) is 52.3 Å². The van der Waals surface area contributed by atoms with Gasteiger partial charge in [0, 0.05) is 5.56 Å². The highest BCUT2D eigenvalue weighted by atomic mass is 16.5. The zero-order valence-corrected chi connectivity index (χ0v) is 9.41. The van der Waals surface area contributed by atoms with Crippen LogP contribution in [0.15, 0.2) is 24.3 Å². The van der Waals surface area contributed by atoms with Crippen LogP contribution < -0.4 is 10.5 Å². The molecule has 0 aromatic heterocycles. The fourth-order valence-corrected chi connectivity index (χ4v) is 1.04. The molecule has 1 rings (SSSR count). The van der Waals surface area contributed by atoms with E-state index in [0.717, 1.165) is 0 Å². The van der Waals surface area contributed by atoms with E-state index in [0.29, 0.717) is 17.9 Å². The van der Waals surface area contributed by atoms with Crippen molar-refractivity contribution in [3.8, 4) is 5.75 Å². The van der Waals surface area contributed by atoms with Crippen LogP contribution in [0.25, 0.3) is 0 Å². The Kier molecular flexibility index (Phi) is 3.35. The SMILES string of the molecule is CC(C)(C)COc1cccc(C(N)=O)c1. The van der Waals surface area contributed by atoms with Crippen molar-refractivity contribution in [3.05, 3.63) is 29.8 Å². The fourth-order valence-electron chi connectivity index (χ4n) is 1.04. The van der Waals surface area contributed by atoms with Crippen LogP contribution >= 0.6 is 0 Å². The number of hydrogen-bond donors (Lipinski definition) is 1. The lowest BCUT2D eigenvalue weighted by molar-refractivity contribution is 0.0999. The van der Waals surface area contributed by atoms with Gasteiger partial charge >= 0.3 is 0 Å². The monoisotopic (exact) mass is 207 g/mol. The van der Waals surface area contributed by atoms with Gasteiger partial charge in [-0.3, -0.25) is 4.79 Å². The van der Waals surface area contributed by atoms with Gasteiger partial charge in [0.1, 0.15) is 5.75 Å². The van der Waals surface area contributed by atoms with Crippen molar-refractivity contribution in [2.75, 3.05) is 6.61 Å². The summed E-state index contributed by atoms with van der Waals surface area (Å²) in [5, 5.41) is 0. The zero-order valence-electron chi connectivity index (χ0n) is 9.41. The van der Waals surface area contributed by atoms with Gasteiger partial charge in [0.2, 0.25) is 5.91 Å². The highest BCUT2D eigenvalue weighted by Crippen LogP contribution is 2.18. The Bertz CT molecular complexity index is 353. The summed E-state index contributed by atoms with van der Waals surface area (Å²) in [6.07, 6.45) is 0. The second kappa shape index (κ2) is 4.34. The normalized spacial score (nSPS) is 11.1. The maximum absolute atomic E-state index is 10.9. The van der Waals surface area contributed by atoms with Crippen molar-refractivity contribution in [1.29, 1.82) is 0 Å². The summed E-state index contributed by atoms with van der Waals surface area (Å²) in [6, 6.07) is 6.91. The van der Waals surface area contributed by atoms with Gasteiger partial charge in [-0.05, 0) is 23.6 Å². The van der Waals surface area contributed by atoms with Gasteiger partial charge in [-0.25, -0.2) is 0 Å². The summed E-state index contributed by atoms with van der Waals surface area (Å²) >= 11 is 0. The van der Waals surface area contributed by atoms with Crippen molar-refractivity contribution in [2.45, 2.75) is 20.8 Å². The second-order valence-electron chi connectivity index (χ2n) is 4.74. The Morgan fingerprint density at radius 1 is 1.40 bits per heavy atom. The van der Waals surface area contributed by atoms with Gasteiger partial charge in [-0.1, -0.05) is 26.8 Å². The molecule has 0 heterocycles. The molecular formula is C12H17NO2. The third-order valence-corrected chi connectivity index (χ3v) is 1.79. The minimum Gasteiger partial charge on any atom is -0.493 e. The van der Waals surface area contributed by atoms with E-state index in [-0.39, 0.29) is 5.41 Å². The molecule has 0 spiro atoms. The summed E-state index contributed by atoms with van der Waals surface area (Å²) in [6.45, 7) is 6.87. The molecule has 15 heavy (non-hydrogen) atoms. The first-order chi connectivity index (χ1) is 6.88. The Labute approximate surface area is 90.2 Å². The number of hydrogen-bond acceptors (Lipinski definition) is 2. The zero-order chi connectivity index (χ0) is 11.5. The van der Waals surface area contributed by atoms with Crippen molar-refractivity contribution < 1.29 is 9.53 Å². The molecule has 0 aliphatic heterocycles. The Morgan fingerprint density at radius 3 is 2.60 bits per heavy atom. The highest BCUT2D eigenvalue weighted by molar-refractivity contribution is 5.93. The average molecular weight is 207 g/mol. The fraction of sp³-hybridized carbons (Fsp3) is 0.417. The first kappa shape index (κ1) is 11.6. The maximum atomic E-state index is 10.9. The van der Waals surface area contributed by atoms with E-state index < -0.39 is 5.91 Å². The van der Waals surface area contributed by atoms with Crippen LogP contribution in [0.5, 0.6) is 5.75 Å². The van der Waals surface area contributed by atoms with Gasteiger partial charge < -0.3 is 10.5 Å². The number of ether oxygens (including phenoxy) is 1. The highest BCUT2D eigenvalue weighted by Gasteiger charge is 2.11. The Hall–Kier alpha value is -1.51. The number of nitrogens with two attached hydrogens (primary N) is 1. The quantitative estimate of drug-likeness (QED) is 0.826. The maximum Gasteiger partial charge on any atom is 0.248 e. The average Bonchev–Trinajstić information content (AvgIpc) is 2.14. The Balaban J connectivity index is 2.70. The molecule has 0 bridgehead atoms. The second-order valence-corrected chi connectivity index (χ2v) is 4.74. The molecule has 0 unspecified atom stereocenters. The largest absolute Gasteiger partial charge is 0.493 e. The van der Waals surface area contributed by atoms with Crippen LogP contribution in [0, 0.1) is 5.41 Å². The van der Waals surface area contributed by atoms with Crippen molar-refractivity contribution in [3.63, 3.8) is 0 Å². The summed E-state index contributed by atoms with van der Waals surface area (Å²) in [4.78, 5) is 10.9. The minimum atomic E-state index is -0.434. The lowest BCUT2D eigenvalue weighted by atomic mass is 9.99. The molecule has 1 aromatic rings. The van der Waals surface area contributed by atoms with Crippen LogP contribution in [0.2, 0.25) is 0 Å². The molecule has 0 radical (unpaired) electrons. The van der Waals surface area contributed by atoms with Crippen LogP contribution in [-0.2, 0) is 0 Å². The van der Waals surface area contributed by atoms with Crippen LogP contribution in [0.1, 0.15) is 31.1 Å². The minimum absolute atomic E-state index is 0.0999. The van der Waals surface area contributed by atoms with Crippen LogP contribution in [-0.4, -0.2) is 12.5 Å². The van der Waals surface area contributed by atoms with E-state index in [1.807, 2.05) is 6.07 Å². The Morgan fingerprint density at radius 2 is 2.07 bits per heavy atom. The van der Waals surface area contributed by atoms with E-state index >= 15 is 0 Å². The number of primary amides is 1. The molecule has 3 heteroatoms. The lowest BCUT2D eigenvalue weighted by Crippen LogP contribution is -2.17. The summed E-state index contributed by atoms with van der Waals surface area (Å²) in [7, 11) is 0. The van der Waals surface area contributed by atoms with E-state index in [1.54, 1.807) is 18.2 Å². The smallest absolute Gasteiger partial charge is 0.248 e. The molecule has 1 amide bonds. The molecule has 0 aliphatic carbocycles. The van der Waals surface area contributed by atoms with Crippen LogP contribution in [0.4, 0.5) is 0 Å². The van der Waals surface area contributed by atoms with Gasteiger partial charge in [0.15, 0.2) is 0 Å². The van der Waals surface area contributed by atoms with Crippen molar-refractivity contribution in [2.24, 2.45) is 11.1 Å².